The fourth-order valence-corrected chi connectivity index (χ4v) is 3.80. The van der Waals surface area contributed by atoms with Crippen LogP contribution in [0, 0.1) is 5.82 Å². The molecule has 0 aliphatic heterocycles. The fraction of sp³-hybridized carbons (Fsp3) is 0.400. The number of hydrogen-bond acceptors (Lipinski definition) is 8. The van der Waals surface area contributed by atoms with Crippen LogP contribution in [-0.2, 0) is 33.1 Å². The van der Waals surface area contributed by atoms with Crippen molar-refractivity contribution in [2.24, 2.45) is 0 Å². The molecule has 1 aromatic carbocycles. The van der Waals surface area contributed by atoms with E-state index >= 15 is 0 Å². The zero-order valence-electron chi connectivity index (χ0n) is 19.4. The van der Waals surface area contributed by atoms with Crippen LogP contribution in [-0.4, -0.2) is 85.7 Å². The number of carboxylic acid groups (broad SMARTS) is 4. The quantitative estimate of drug-likeness (QED) is 0.110. The second-order valence-corrected chi connectivity index (χ2v) is 9.19. The molecule has 0 saturated carbocycles. The number of hydrogen-bond donors (Lipinski definition) is 8. The van der Waals surface area contributed by atoms with E-state index in [1.807, 2.05) is 5.32 Å². The lowest BCUT2D eigenvalue weighted by molar-refractivity contribution is -0.143. The molecule has 38 heavy (non-hydrogen) atoms. The minimum absolute atomic E-state index is 0.0552. The minimum atomic E-state index is -4.98. The molecule has 8 N–H and O–H groups in total. The van der Waals surface area contributed by atoms with Crippen LogP contribution in [0.25, 0.3) is 0 Å². The topological polar surface area (TPSA) is 266 Å². The first-order chi connectivity index (χ1) is 17.6. The summed E-state index contributed by atoms with van der Waals surface area (Å²) in [6, 6.07) is -1.17. The number of benzene rings is 1. The fourth-order valence-electron chi connectivity index (χ4n) is 2.74. The van der Waals surface area contributed by atoms with E-state index in [0.29, 0.717) is 0 Å². The molecule has 210 valence electrons. The molecule has 1 aromatic rings. The first-order valence-electron chi connectivity index (χ1n) is 10.6. The van der Waals surface area contributed by atoms with Gasteiger partial charge in [-0.1, -0.05) is 0 Å². The molecule has 0 heterocycles. The van der Waals surface area contributed by atoms with Gasteiger partial charge in [-0.2, -0.15) is 0 Å². The van der Waals surface area contributed by atoms with E-state index in [2.05, 4.69) is 9.84 Å². The molecule has 0 aliphatic carbocycles. The molecule has 4 atom stereocenters. The molecule has 0 aliphatic rings. The van der Waals surface area contributed by atoms with E-state index in [4.69, 9.17) is 10.2 Å². The van der Waals surface area contributed by atoms with Crippen LogP contribution in [0.2, 0.25) is 0 Å². The summed E-state index contributed by atoms with van der Waals surface area (Å²) < 4.78 is 29.6. The number of rotatable bonds is 17. The average molecular weight is 564 g/mol. The molecule has 0 fully saturated rings. The summed E-state index contributed by atoms with van der Waals surface area (Å²) in [6.45, 7) is -1.13. The van der Waals surface area contributed by atoms with Gasteiger partial charge in [-0.3, -0.25) is 23.7 Å². The Bertz CT molecular complexity index is 1100. The van der Waals surface area contributed by atoms with Gasteiger partial charge in [0, 0.05) is 18.4 Å². The van der Waals surface area contributed by atoms with Crippen molar-refractivity contribution >= 4 is 43.4 Å². The number of halogens is 1. The van der Waals surface area contributed by atoms with Gasteiger partial charge in [0.25, 0.3) is 5.91 Å². The maximum Gasteiger partial charge on any atom is 0.403 e. The Hall–Kier alpha value is -3.92. The third kappa shape index (κ3) is 11.9. The van der Waals surface area contributed by atoms with Crippen LogP contribution in [0.4, 0.5) is 4.39 Å². The first kappa shape index (κ1) is 32.1. The molecule has 0 aromatic heterocycles. The van der Waals surface area contributed by atoms with Gasteiger partial charge in [0.05, 0.1) is 6.61 Å². The minimum Gasteiger partial charge on any atom is -0.481 e. The number of nitrogens with one attached hydrogen (secondary N) is 3. The zero-order chi connectivity index (χ0) is 29.0. The summed E-state index contributed by atoms with van der Waals surface area (Å²) in [6.07, 6.45) is -2.37. The van der Waals surface area contributed by atoms with Crippen molar-refractivity contribution < 1.29 is 67.6 Å². The largest absolute Gasteiger partial charge is 0.481 e. The van der Waals surface area contributed by atoms with Gasteiger partial charge in [-0.05, 0) is 37.1 Å². The number of carboxylic acids is 4. The smallest absolute Gasteiger partial charge is 0.403 e. The molecule has 2 amide bonds. The van der Waals surface area contributed by atoms with Crippen LogP contribution < -0.4 is 15.7 Å². The van der Waals surface area contributed by atoms with Crippen molar-refractivity contribution in [2.75, 3.05) is 6.61 Å². The van der Waals surface area contributed by atoms with E-state index < -0.39 is 99.7 Å². The van der Waals surface area contributed by atoms with Gasteiger partial charge in [-0.25, -0.2) is 23.6 Å². The van der Waals surface area contributed by atoms with Gasteiger partial charge >= 0.3 is 31.6 Å². The lowest BCUT2D eigenvalue weighted by Crippen LogP contribution is -2.46. The van der Waals surface area contributed by atoms with E-state index in [1.54, 1.807) is 5.09 Å². The van der Waals surface area contributed by atoms with Crippen molar-refractivity contribution in [3.63, 3.8) is 0 Å². The van der Waals surface area contributed by atoms with Gasteiger partial charge in [-0.15, -0.1) is 0 Å². The predicted octanol–water partition coefficient (Wildman–Crippen LogP) is -0.617. The summed E-state index contributed by atoms with van der Waals surface area (Å²) in [5, 5.41) is 41.9. The summed E-state index contributed by atoms with van der Waals surface area (Å²) in [7, 11) is -4.98. The molecular formula is C20H25FN3O13P. The lowest BCUT2D eigenvalue weighted by Gasteiger charge is -2.21. The van der Waals surface area contributed by atoms with Crippen LogP contribution in [0.5, 0.6) is 0 Å². The summed E-state index contributed by atoms with van der Waals surface area (Å²) >= 11 is 0. The maximum atomic E-state index is 13.0. The molecular weight excluding hydrogens is 539 g/mol. The average Bonchev–Trinajstić information content (AvgIpc) is 2.81. The van der Waals surface area contributed by atoms with Crippen molar-refractivity contribution in [2.45, 2.75) is 43.8 Å². The second-order valence-electron chi connectivity index (χ2n) is 7.64. The Kier molecular flexibility index (Phi) is 12.4. The highest BCUT2D eigenvalue weighted by molar-refractivity contribution is 7.50. The number of carbonyl (C=O) groups is 6. The van der Waals surface area contributed by atoms with Crippen molar-refractivity contribution in [1.29, 1.82) is 0 Å². The monoisotopic (exact) mass is 564 g/mol. The van der Waals surface area contributed by atoms with Gasteiger partial charge in [0.2, 0.25) is 5.91 Å². The number of aliphatic carboxylic acids is 4. The van der Waals surface area contributed by atoms with Crippen LogP contribution >= 0.6 is 7.75 Å². The summed E-state index contributed by atoms with van der Waals surface area (Å²) in [5.41, 5.74) is -0.0552. The molecule has 16 nitrogen and oxygen atoms in total. The van der Waals surface area contributed by atoms with Gasteiger partial charge in [0.15, 0.2) is 6.04 Å². The number of amides is 2. The molecule has 0 saturated heterocycles. The zero-order valence-corrected chi connectivity index (χ0v) is 20.3. The predicted molar refractivity (Wildman–Crippen MR) is 121 cm³/mol. The maximum absolute atomic E-state index is 13.0. The highest BCUT2D eigenvalue weighted by atomic mass is 31.2. The molecule has 1 unspecified atom stereocenters. The van der Waals surface area contributed by atoms with Crippen molar-refractivity contribution in [3.05, 3.63) is 35.6 Å². The molecule has 0 bridgehead atoms. The van der Waals surface area contributed by atoms with Crippen molar-refractivity contribution in [1.82, 2.24) is 15.7 Å². The van der Waals surface area contributed by atoms with Crippen molar-refractivity contribution in [3.8, 4) is 0 Å². The van der Waals surface area contributed by atoms with E-state index in [9.17, 15) is 52.8 Å². The van der Waals surface area contributed by atoms with Crippen LogP contribution in [0.15, 0.2) is 24.3 Å². The van der Waals surface area contributed by atoms with Crippen LogP contribution in [0.3, 0.4) is 0 Å². The lowest BCUT2D eigenvalue weighted by atomic mass is 10.1. The van der Waals surface area contributed by atoms with Gasteiger partial charge in [0.1, 0.15) is 17.9 Å². The number of carbonyl (C=O) groups excluding carboxylic acids is 2. The molecule has 0 spiro atoms. The molecule has 1 rings (SSSR count). The molecule has 0 radical (unpaired) electrons. The first-order valence-corrected chi connectivity index (χ1v) is 12.2. The summed E-state index contributed by atoms with van der Waals surface area (Å²) in [4.78, 5) is 78.7. The SMILES string of the molecule is O=C(O)CC[C@H](NP(=O)(O)OC[C@H](NC(=O)CC[C@H](NC(=O)c1ccc([18F])cc1)C(=O)O)C(=O)O)C(=O)O. The highest BCUT2D eigenvalue weighted by Gasteiger charge is 2.32. The highest BCUT2D eigenvalue weighted by Crippen LogP contribution is 2.38. The summed E-state index contributed by atoms with van der Waals surface area (Å²) in [5.74, 6) is -8.82. The van der Waals surface area contributed by atoms with E-state index in [-0.39, 0.29) is 5.56 Å². The second kappa shape index (κ2) is 14.7. The Balaban J connectivity index is 2.69. The van der Waals surface area contributed by atoms with E-state index in [1.165, 1.54) is 0 Å². The third-order valence-corrected chi connectivity index (χ3v) is 5.82. The Morgan fingerprint density at radius 1 is 0.816 bits per heavy atom. The Morgan fingerprint density at radius 2 is 1.34 bits per heavy atom. The third-order valence-electron chi connectivity index (χ3n) is 4.68. The standard InChI is InChI=1S/C20H25FN3O13P/c21-11-3-1-10(2-4-11)17(28)23-12(18(29)30)5-7-15(25)22-14(20(33)34)9-37-38(35,36)24-13(19(31)32)6-8-16(26)27/h1-4,12-14H,5-9H2,(H,22,25)(H,23,28)(H,26,27)(H,29,30)(H,31,32)(H,33,34)(H2,24,35,36)/t12-,13-,14-/m0/s1/i21-1. The molecule has 18 heteroatoms. The Morgan fingerprint density at radius 3 is 1.84 bits per heavy atom. The van der Waals surface area contributed by atoms with Crippen LogP contribution in [0.1, 0.15) is 36.0 Å². The van der Waals surface area contributed by atoms with E-state index in [0.717, 1.165) is 24.3 Å². The van der Waals surface area contributed by atoms with Gasteiger partial charge < -0.3 is 36.0 Å². The Labute approximate surface area is 213 Å². The normalized spacial score (nSPS) is 14.8.